The minimum Gasteiger partial charge on any atom is -0.368 e. The quantitative estimate of drug-likeness (QED) is 0.508. The summed E-state index contributed by atoms with van der Waals surface area (Å²) < 4.78 is 0. The van der Waals surface area contributed by atoms with E-state index in [0.29, 0.717) is 0 Å². The number of nitrogens with two attached hydrogens (primary N) is 1. The molecule has 0 radical (unpaired) electrons. The average molecular weight is 177 g/mol. The number of nitrogens with one attached hydrogen (secondary N) is 2. The minimum atomic E-state index is -0.266. The molecule has 1 saturated heterocycles. The number of rotatable bonds is 1. The summed E-state index contributed by atoms with van der Waals surface area (Å²) >= 11 is 0. The summed E-state index contributed by atoms with van der Waals surface area (Å²) in [6, 6.07) is -0.224. The van der Waals surface area contributed by atoms with Crippen molar-refractivity contribution in [1.29, 1.82) is 0 Å². The van der Waals surface area contributed by atoms with Crippen LogP contribution in [-0.4, -0.2) is 11.9 Å². The van der Waals surface area contributed by atoms with Crippen LogP contribution in [0.15, 0.2) is 22.9 Å². The SMILES string of the molecule is NC(=O)C1NNC2=C3C=C3CCC21. The molecule has 2 atom stereocenters. The first-order valence-electron chi connectivity index (χ1n) is 4.53. The molecule has 1 aliphatic heterocycles. The molecule has 4 nitrogen and oxygen atoms in total. The molecule has 1 heterocycles. The fourth-order valence-electron chi connectivity index (χ4n) is 2.27. The van der Waals surface area contributed by atoms with Crippen LogP contribution >= 0.6 is 0 Å². The number of hydrazine groups is 1. The lowest BCUT2D eigenvalue weighted by atomic mass is 9.88. The highest BCUT2D eigenvalue weighted by molar-refractivity contribution is 5.82. The van der Waals surface area contributed by atoms with Gasteiger partial charge >= 0.3 is 0 Å². The summed E-state index contributed by atoms with van der Waals surface area (Å²) in [5, 5.41) is 0. The van der Waals surface area contributed by atoms with E-state index in [1.165, 1.54) is 16.8 Å². The molecule has 0 bridgehead atoms. The van der Waals surface area contributed by atoms with Gasteiger partial charge < -0.3 is 11.2 Å². The Morgan fingerprint density at radius 3 is 3.23 bits per heavy atom. The van der Waals surface area contributed by atoms with E-state index in [-0.39, 0.29) is 17.9 Å². The van der Waals surface area contributed by atoms with Gasteiger partial charge in [0.05, 0.1) is 0 Å². The molecule has 4 N–H and O–H groups in total. The molecular weight excluding hydrogens is 166 g/mol. The second-order valence-electron chi connectivity index (χ2n) is 3.79. The van der Waals surface area contributed by atoms with E-state index >= 15 is 0 Å². The van der Waals surface area contributed by atoms with Crippen molar-refractivity contribution in [2.24, 2.45) is 11.7 Å². The highest BCUT2D eigenvalue weighted by Crippen LogP contribution is 2.45. The van der Waals surface area contributed by atoms with Crippen LogP contribution in [-0.2, 0) is 4.79 Å². The summed E-state index contributed by atoms with van der Waals surface area (Å²) in [4.78, 5) is 11.1. The number of hydrogen-bond donors (Lipinski definition) is 3. The molecule has 3 rings (SSSR count). The first-order valence-corrected chi connectivity index (χ1v) is 4.53. The van der Waals surface area contributed by atoms with Crippen molar-refractivity contribution in [1.82, 2.24) is 10.9 Å². The van der Waals surface area contributed by atoms with Crippen LogP contribution in [0.5, 0.6) is 0 Å². The predicted molar refractivity (Wildman–Crippen MR) is 47.1 cm³/mol. The molecule has 3 aliphatic rings. The van der Waals surface area contributed by atoms with Crippen molar-refractivity contribution in [2.75, 3.05) is 0 Å². The van der Waals surface area contributed by atoms with Crippen LogP contribution in [0.1, 0.15) is 12.8 Å². The molecule has 0 aromatic heterocycles. The number of amides is 1. The number of fused-ring (bicyclic) bond motifs is 2. The van der Waals surface area contributed by atoms with Gasteiger partial charge in [-0.3, -0.25) is 4.79 Å². The van der Waals surface area contributed by atoms with Crippen LogP contribution < -0.4 is 16.6 Å². The molecule has 1 fully saturated rings. The molecule has 0 saturated carbocycles. The highest BCUT2D eigenvalue weighted by atomic mass is 16.1. The Balaban J connectivity index is 1.94. The van der Waals surface area contributed by atoms with Gasteiger partial charge in [0.15, 0.2) is 0 Å². The van der Waals surface area contributed by atoms with Crippen molar-refractivity contribution in [3.8, 4) is 0 Å². The zero-order chi connectivity index (χ0) is 9.00. The standard InChI is InChI=1S/C9H11N3O/c10-9(13)8-5-2-1-4-3-6(4)7(5)11-12-8/h3,5,8,11-12H,1-2H2,(H2,10,13). The molecule has 13 heavy (non-hydrogen) atoms. The third kappa shape index (κ3) is 0.862. The molecule has 0 spiro atoms. The van der Waals surface area contributed by atoms with E-state index in [1.807, 2.05) is 0 Å². The lowest BCUT2D eigenvalue weighted by Gasteiger charge is -2.17. The van der Waals surface area contributed by atoms with Crippen molar-refractivity contribution in [3.05, 3.63) is 22.9 Å². The van der Waals surface area contributed by atoms with Gasteiger partial charge in [0.2, 0.25) is 5.91 Å². The first-order chi connectivity index (χ1) is 6.27. The topological polar surface area (TPSA) is 67.2 Å². The van der Waals surface area contributed by atoms with Gasteiger partial charge in [-0.15, -0.1) is 0 Å². The second-order valence-corrected chi connectivity index (χ2v) is 3.79. The third-order valence-corrected chi connectivity index (χ3v) is 3.04. The Bertz CT molecular complexity index is 356. The molecule has 1 amide bonds. The molecule has 4 heteroatoms. The van der Waals surface area contributed by atoms with Gasteiger partial charge in [-0.1, -0.05) is 0 Å². The molecular formula is C9H11N3O. The van der Waals surface area contributed by atoms with Crippen molar-refractivity contribution in [3.63, 3.8) is 0 Å². The summed E-state index contributed by atoms with van der Waals surface area (Å²) in [5.74, 6) is 0.00667. The van der Waals surface area contributed by atoms with Gasteiger partial charge in [-0.05, 0) is 30.1 Å². The highest BCUT2D eigenvalue weighted by Gasteiger charge is 2.42. The summed E-state index contributed by atoms with van der Waals surface area (Å²) in [7, 11) is 0. The van der Waals surface area contributed by atoms with Crippen molar-refractivity contribution in [2.45, 2.75) is 18.9 Å². The maximum absolute atomic E-state index is 11.1. The zero-order valence-corrected chi connectivity index (χ0v) is 7.13. The van der Waals surface area contributed by atoms with E-state index in [0.717, 1.165) is 12.8 Å². The van der Waals surface area contributed by atoms with Crippen LogP contribution in [0.25, 0.3) is 0 Å². The van der Waals surface area contributed by atoms with Gasteiger partial charge in [-0.2, -0.15) is 0 Å². The number of carbonyl (C=O) groups is 1. The minimum absolute atomic E-state index is 0.224. The number of primary amides is 1. The van der Waals surface area contributed by atoms with E-state index in [2.05, 4.69) is 16.9 Å². The van der Waals surface area contributed by atoms with Crippen LogP contribution in [0.2, 0.25) is 0 Å². The third-order valence-electron chi connectivity index (χ3n) is 3.04. The van der Waals surface area contributed by atoms with E-state index in [4.69, 9.17) is 5.73 Å². The Kier molecular flexibility index (Phi) is 1.18. The van der Waals surface area contributed by atoms with Crippen LogP contribution in [0.4, 0.5) is 0 Å². The average Bonchev–Trinajstić information content (AvgIpc) is 2.76. The normalized spacial score (nSPS) is 34.6. The number of hydrogen-bond acceptors (Lipinski definition) is 3. The molecule has 0 aromatic carbocycles. The van der Waals surface area contributed by atoms with Gasteiger partial charge in [0.1, 0.15) is 6.04 Å². The summed E-state index contributed by atoms with van der Waals surface area (Å²) in [5.41, 5.74) is 15.2. The first kappa shape index (κ1) is 7.15. The fourth-order valence-corrected chi connectivity index (χ4v) is 2.27. The van der Waals surface area contributed by atoms with Gasteiger partial charge in [-0.25, -0.2) is 5.43 Å². The number of allylic oxidation sites excluding steroid dienone is 3. The molecule has 68 valence electrons. The maximum atomic E-state index is 11.1. The zero-order valence-electron chi connectivity index (χ0n) is 7.13. The lowest BCUT2D eigenvalue weighted by molar-refractivity contribution is -0.120. The van der Waals surface area contributed by atoms with Crippen molar-refractivity contribution < 1.29 is 4.79 Å². The van der Waals surface area contributed by atoms with E-state index in [9.17, 15) is 4.79 Å². The van der Waals surface area contributed by atoms with E-state index in [1.54, 1.807) is 0 Å². The summed E-state index contributed by atoms with van der Waals surface area (Å²) in [6.07, 6.45) is 4.29. The van der Waals surface area contributed by atoms with Gasteiger partial charge in [0, 0.05) is 11.6 Å². The Morgan fingerprint density at radius 1 is 1.62 bits per heavy atom. The molecule has 2 unspecified atom stereocenters. The maximum Gasteiger partial charge on any atom is 0.237 e. The smallest absolute Gasteiger partial charge is 0.237 e. The molecule has 0 aromatic rings. The van der Waals surface area contributed by atoms with E-state index < -0.39 is 0 Å². The Hall–Kier alpha value is -1.29. The van der Waals surface area contributed by atoms with Crippen LogP contribution in [0, 0.1) is 5.92 Å². The lowest BCUT2D eigenvalue weighted by Crippen LogP contribution is -2.42. The van der Waals surface area contributed by atoms with Crippen molar-refractivity contribution >= 4 is 5.91 Å². The number of carbonyl (C=O) groups excluding carboxylic acids is 1. The fraction of sp³-hybridized carbons (Fsp3) is 0.444. The summed E-state index contributed by atoms with van der Waals surface area (Å²) in [6.45, 7) is 0. The van der Waals surface area contributed by atoms with Crippen LogP contribution in [0.3, 0.4) is 0 Å². The second kappa shape index (κ2) is 2.14. The predicted octanol–water partition coefficient (Wildman–Crippen LogP) is -0.448. The Labute approximate surface area is 75.8 Å². The monoisotopic (exact) mass is 177 g/mol. The Morgan fingerprint density at radius 2 is 2.46 bits per heavy atom. The molecule has 2 aliphatic carbocycles. The largest absolute Gasteiger partial charge is 0.368 e. The van der Waals surface area contributed by atoms with Gasteiger partial charge in [0.25, 0.3) is 0 Å².